The number of carbonyl (C=O) groups excluding carboxylic acids is 1. The molecule has 1 aliphatic heterocycles. The summed E-state index contributed by atoms with van der Waals surface area (Å²) in [7, 11) is 1.63. The molecule has 1 amide bonds. The average molecular weight is 359 g/mol. The van der Waals surface area contributed by atoms with Crippen LogP contribution in [0.2, 0.25) is 0 Å². The third-order valence-corrected chi connectivity index (χ3v) is 5.48. The molecule has 124 valence electrons. The number of amides is 1. The second kappa shape index (κ2) is 7.19. The van der Waals surface area contributed by atoms with Gasteiger partial charge < -0.3 is 4.74 Å². The van der Waals surface area contributed by atoms with Gasteiger partial charge in [-0.1, -0.05) is 12.1 Å². The molecule has 1 fully saturated rings. The molecule has 3 rings (SSSR count). The highest BCUT2D eigenvalue weighted by atomic mass is 32.2. The van der Waals surface area contributed by atoms with Crippen molar-refractivity contribution >= 4 is 44.9 Å². The molecular weight excluding hydrogens is 342 g/mol. The van der Waals surface area contributed by atoms with Gasteiger partial charge in [0, 0.05) is 18.1 Å². The van der Waals surface area contributed by atoms with Crippen molar-refractivity contribution in [3.8, 4) is 5.75 Å². The average Bonchev–Trinajstić information content (AvgIpc) is 3.22. The number of methoxy groups -OCH3 is 1. The zero-order valence-corrected chi connectivity index (χ0v) is 15.3. The second-order valence-electron chi connectivity index (χ2n) is 5.05. The van der Waals surface area contributed by atoms with Crippen molar-refractivity contribution in [2.24, 2.45) is 4.99 Å². The van der Waals surface area contributed by atoms with Crippen LogP contribution in [-0.4, -0.2) is 34.6 Å². The molecular formula is C17H17N3O2S2. The second-order valence-corrected chi connectivity index (χ2v) is 6.90. The van der Waals surface area contributed by atoms with Crippen LogP contribution >= 0.6 is 23.1 Å². The number of nitrogens with zero attached hydrogens (tertiary/aromatic N) is 3. The van der Waals surface area contributed by atoms with E-state index in [1.165, 1.54) is 23.1 Å². The maximum absolute atomic E-state index is 12.8. The van der Waals surface area contributed by atoms with E-state index in [1.807, 2.05) is 43.5 Å². The molecule has 0 saturated carbocycles. The molecule has 1 aromatic carbocycles. The van der Waals surface area contributed by atoms with Crippen LogP contribution in [-0.2, 0) is 4.79 Å². The fraction of sp³-hybridized carbons (Fsp3) is 0.235. The van der Waals surface area contributed by atoms with Gasteiger partial charge in [-0.3, -0.25) is 9.69 Å². The molecule has 1 aromatic heterocycles. The van der Waals surface area contributed by atoms with E-state index < -0.39 is 0 Å². The Hall–Kier alpha value is -2.12. The third-order valence-electron chi connectivity index (χ3n) is 3.63. The number of thioether (sulfide) groups is 1. The number of benzene rings is 1. The molecule has 0 radical (unpaired) electrons. The van der Waals surface area contributed by atoms with Crippen molar-refractivity contribution in [2.75, 3.05) is 13.7 Å². The number of rotatable bonds is 4. The van der Waals surface area contributed by atoms with Gasteiger partial charge in [-0.25, -0.2) is 4.98 Å². The lowest BCUT2D eigenvalue weighted by molar-refractivity contribution is -0.122. The molecule has 0 atom stereocenters. The van der Waals surface area contributed by atoms with Crippen LogP contribution in [0.1, 0.15) is 19.4 Å². The Labute approximate surface area is 149 Å². The van der Waals surface area contributed by atoms with Crippen molar-refractivity contribution in [3.63, 3.8) is 0 Å². The predicted molar refractivity (Wildman–Crippen MR) is 99.8 cm³/mol. The smallest absolute Gasteiger partial charge is 0.267 e. The first-order chi connectivity index (χ1) is 11.6. The first kappa shape index (κ1) is 16.7. The molecule has 5 nitrogen and oxygen atoms in total. The van der Waals surface area contributed by atoms with Gasteiger partial charge in [0.15, 0.2) is 5.17 Å². The topological polar surface area (TPSA) is 54.8 Å². The normalized spacial score (nSPS) is 18.4. The van der Waals surface area contributed by atoms with E-state index in [0.717, 1.165) is 16.9 Å². The molecule has 0 spiro atoms. The Morgan fingerprint density at radius 3 is 2.92 bits per heavy atom. The van der Waals surface area contributed by atoms with Crippen molar-refractivity contribution in [1.82, 2.24) is 9.88 Å². The number of allylic oxidation sites excluding steroid dienone is 1. The lowest BCUT2D eigenvalue weighted by Crippen LogP contribution is -2.28. The Morgan fingerprint density at radius 2 is 2.25 bits per heavy atom. The monoisotopic (exact) mass is 359 g/mol. The summed E-state index contributed by atoms with van der Waals surface area (Å²) >= 11 is 2.85. The van der Waals surface area contributed by atoms with Crippen LogP contribution in [0.3, 0.4) is 0 Å². The highest BCUT2D eigenvalue weighted by Gasteiger charge is 2.34. The fourth-order valence-electron chi connectivity index (χ4n) is 2.34. The van der Waals surface area contributed by atoms with E-state index >= 15 is 0 Å². The van der Waals surface area contributed by atoms with Gasteiger partial charge in [-0.15, -0.1) is 11.3 Å². The Balaban J connectivity index is 2.00. The van der Waals surface area contributed by atoms with E-state index in [1.54, 1.807) is 18.2 Å². The largest absolute Gasteiger partial charge is 0.497 e. The van der Waals surface area contributed by atoms with Crippen LogP contribution in [0.25, 0.3) is 5.57 Å². The maximum Gasteiger partial charge on any atom is 0.267 e. The van der Waals surface area contributed by atoms with Gasteiger partial charge in [0.1, 0.15) is 5.75 Å². The van der Waals surface area contributed by atoms with Crippen LogP contribution in [0, 0.1) is 0 Å². The number of hydrogen-bond acceptors (Lipinski definition) is 6. The maximum atomic E-state index is 12.8. The quantitative estimate of drug-likeness (QED) is 0.769. The van der Waals surface area contributed by atoms with Gasteiger partial charge in [-0.05, 0) is 48.9 Å². The molecule has 0 unspecified atom stereocenters. The van der Waals surface area contributed by atoms with Gasteiger partial charge in [0.05, 0.1) is 12.0 Å². The van der Waals surface area contributed by atoms with Crippen molar-refractivity contribution in [3.05, 3.63) is 46.3 Å². The zero-order valence-electron chi connectivity index (χ0n) is 13.6. The van der Waals surface area contributed by atoms with Crippen LogP contribution in [0.5, 0.6) is 5.75 Å². The van der Waals surface area contributed by atoms with Crippen LogP contribution in [0.15, 0.2) is 45.7 Å². The number of carbonyl (C=O) groups is 1. The Bertz CT molecular complexity index is 813. The lowest BCUT2D eigenvalue weighted by atomic mass is 10.1. The predicted octanol–water partition coefficient (Wildman–Crippen LogP) is 4.17. The molecule has 0 bridgehead atoms. The SMILES string of the molecule is CCN1C(=O)/C(=C(\C)c2cccc(OC)c2)S/C1=N/c1nccs1. The fourth-order valence-corrected chi connectivity index (χ4v) is 4.01. The summed E-state index contributed by atoms with van der Waals surface area (Å²) in [6.45, 7) is 4.47. The number of hydrogen-bond donors (Lipinski definition) is 0. The van der Waals surface area contributed by atoms with E-state index in [9.17, 15) is 4.79 Å². The number of ether oxygens (including phenoxy) is 1. The number of thiazole rings is 1. The summed E-state index contributed by atoms with van der Waals surface area (Å²) in [6.07, 6.45) is 1.71. The molecule has 24 heavy (non-hydrogen) atoms. The van der Waals surface area contributed by atoms with Gasteiger partial charge in [0.25, 0.3) is 5.91 Å². The van der Waals surface area contributed by atoms with E-state index in [4.69, 9.17) is 4.74 Å². The van der Waals surface area contributed by atoms with Gasteiger partial charge in [0.2, 0.25) is 5.13 Å². The standard InChI is InChI=1S/C17H17N3O2S2/c1-4-20-15(21)14(24-17(20)19-16-18-8-9-23-16)11(2)12-6-5-7-13(10-12)22-3/h5-10H,4H2,1-3H3/b14-11-,19-17+. The molecule has 0 aliphatic carbocycles. The Morgan fingerprint density at radius 1 is 1.42 bits per heavy atom. The van der Waals surface area contributed by atoms with E-state index in [-0.39, 0.29) is 5.91 Å². The van der Waals surface area contributed by atoms with Crippen molar-refractivity contribution in [1.29, 1.82) is 0 Å². The number of amidine groups is 1. The first-order valence-corrected chi connectivity index (χ1v) is 9.16. The molecule has 2 aromatic rings. The highest BCUT2D eigenvalue weighted by molar-refractivity contribution is 8.18. The molecule has 7 heteroatoms. The van der Waals surface area contributed by atoms with Gasteiger partial charge >= 0.3 is 0 Å². The highest BCUT2D eigenvalue weighted by Crippen LogP contribution is 2.38. The number of aromatic nitrogens is 1. The van der Waals surface area contributed by atoms with E-state index in [2.05, 4.69) is 9.98 Å². The molecule has 1 saturated heterocycles. The number of likely N-dealkylation sites (N-methyl/N-ethyl adjacent to an activating group) is 1. The third kappa shape index (κ3) is 3.22. The minimum absolute atomic E-state index is 0.0156. The van der Waals surface area contributed by atoms with Crippen molar-refractivity contribution < 1.29 is 9.53 Å². The summed E-state index contributed by atoms with van der Waals surface area (Å²) in [5, 5.41) is 3.20. The molecule has 1 aliphatic rings. The summed E-state index contributed by atoms with van der Waals surface area (Å²) in [4.78, 5) is 23.8. The van der Waals surface area contributed by atoms with Gasteiger partial charge in [-0.2, -0.15) is 4.99 Å². The minimum atomic E-state index is -0.0156. The number of aliphatic imine (C=N–C) groups is 1. The lowest BCUT2D eigenvalue weighted by Gasteiger charge is -2.11. The Kier molecular flexibility index (Phi) is 5.01. The zero-order chi connectivity index (χ0) is 17.1. The molecule has 2 heterocycles. The summed E-state index contributed by atoms with van der Waals surface area (Å²) in [6, 6.07) is 7.72. The summed E-state index contributed by atoms with van der Waals surface area (Å²) < 4.78 is 5.27. The molecule has 0 N–H and O–H groups in total. The summed E-state index contributed by atoms with van der Waals surface area (Å²) in [5.41, 5.74) is 1.89. The van der Waals surface area contributed by atoms with Crippen molar-refractivity contribution in [2.45, 2.75) is 13.8 Å². The first-order valence-electron chi connectivity index (χ1n) is 7.47. The van der Waals surface area contributed by atoms with Crippen LogP contribution in [0.4, 0.5) is 5.13 Å². The summed E-state index contributed by atoms with van der Waals surface area (Å²) in [5.74, 6) is 0.755. The van der Waals surface area contributed by atoms with E-state index in [0.29, 0.717) is 21.7 Å². The minimum Gasteiger partial charge on any atom is -0.497 e. The van der Waals surface area contributed by atoms with Crippen LogP contribution < -0.4 is 4.74 Å².